The summed E-state index contributed by atoms with van der Waals surface area (Å²) in [5.41, 5.74) is 0.325. The maximum Gasteiger partial charge on any atom is 0.324 e. The largest absolute Gasteiger partial charge is 0.508 e. The number of phenols is 1. The van der Waals surface area contributed by atoms with E-state index in [1.54, 1.807) is 12.1 Å². The predicted octanol–water partition coefficient (Wildman–Crippen LogP) is 2.22. The van der Waals surface area contributed by atoms with Crippen LogP contribution in [0, 0.1) is 0 Å². The molecule has 1 aliphatic heterocycles. The first-order chi connectivity index (χ1) is 8.58. The first kappa shape index (κ1) is 12.9. The molecule has 0 spiro atoms. The second-order valence-corrected chi connectivity index (χ2v) is 4.88. The molecule has 1 aliphatic rings. The van der Waals surface area contributed by atoms with E-state index in [2.05, 4.69) is 0 Å². The number of benzene rings is 1. The van der Waals surface area contributed by atoms with Crippen LogP contribution in [-0.2, 0) is 11.3 Å². The van der Waals surface area contributed by atoms with E-state index >= 15 is 0 Å². The number of hydrogen-bond donors (Lipinski definition) is 2. The molecule has 4 heteroatoms. The van der Waals surface area contributed by atoms with Gasteiger partial charge in [-0.3, -0.25) is 9.69 Å². The van der Waals surface area contributed by atoms with Crippen molar-refractivity contribution in [1.82, 2.24) is 4.90 Å². The average Bonchev–Trinajstić information content (AvgIpc) is 2.76. The van der Waals surface area contributed by atoms with Crippen molar-refractivity contribution in [2.75, 3.05) is 6.54 Å². The van der Waals surface area contributed by atoms with E-state index in [0.29, 0.717) is 13.0 Å². The number of aromatic hydroxyl groups is 1. The van der Waals surface area contributed by atoms with Crippen LogP contribution < -0.4 is 0 Å². The molecule has 1 atom stereocenters. The summed E-state index contributed by atoms with van der Waals surface area (Å²) in [7, 11) is 0. The second-order valence-electron chi connectivity index (χ2n) is 4.88. The van der Waals surface area contributed by atoms with Crippen LogP contribution in [0.2, 0.25) is 0 Å². The summed E-state index contributed by atoms with van der Waals surface area (Å²) in [6.45, 7) is 3.38. The molecule has 1 aromatic carbocycles. The molecule has 0 aliphatic carbocycles. The first-order valence-electron chi connectivity index (χ1n) is 6.35. The average molecular weight is 249 g/mol. The van der Waals surface area contributed by atoms with Gasteiger partial charge in [0.05, 0.1) is 0 Å². The van der Waals surface area contributed by atoms with Crippen molar-refractivity contribution in [3.63, 3.8) is 0 Å². The molecule has 1 unspecified atom stereocenters. The zero-order valence-corrected chi connectivity index (χ0v) is 10.6. The van der Waals surface area contributed by atoms with Crippen LogP contribution in [0.4, 0.5) is 0 Å². The van der Waals surface area contributed by atoms with Gasteiger partial charge in [0.1, 0.15) is 11.3 Å². The molecule has 2 rings (SSSR count). The molecule has 2 N–H and O–H groups in total. The number of carbonyl (C=O) groups is 1. The van der Waals surface area contributed by atoms with Gasteiger partial charge in [0, 0.05) is 6.54 Å². The van der Waals surface area contributed by atoms with E-state index < -0.39 is 11.5 Å². The number of likely N-dealkylation sites (tertiary alicyclic amines) is 1. The Balaban J connectivity index is 2.17. The van der Waals surface area contributed by atoms with Crippen molar-refractivity contribution in [3.05, 3.63) is 29.8 Å². The van der Waals surface area contributed by atoms with Crippen LogP contribution in [0.1, 0.15) is 31.7 Å². The van der Waals surface area contributed by atoms with Crippen LogP contribution in [0.3, 0.4) is 0 Å². The van der Waals surface area contributed by atoms with Gasteiger partial charge in [-0.1, -0.05) is 19.1 Å². The quantitative estimate of drug-likeness (QED) is 0.859. The highest BCUT2D eigenvalue weighted by Crippen LogP contribution is 2.34. The molecule has 1 heterocycles. The first-order valence-corrected chi connectivity index (χ1v) is 6.35. The Morgan fingerprint density at radius 3 is 2.61 bits per heavy atom. The molecule has 18 heavy (non-hydrogen) atoms. The highest BCUT2D eigenvalue weighted by atomic mass is 16.4. The highest BCUT2D eigenvalue weighted by Gasteiger charge is 2.45. The summed E-state index contributed by atoms with van der Waals surface area (Å²) < 4.78 is 0. The number of aliphatic carboxylic acids is 1. The Bertz CT molecular complexity index is 429. The number of hydrogen-bond acceptors (Lipinski definition) is 3. The van der Waals surface area contributed by atoms with Gasteiger partial charge in [-0.25, -0.2) is 0 Å². The minimum absolute atomic E-state index is 0.236. The minimum atomic E-state index is -0.721. The van der Waals surface area contributed by atoms with Gasteiger partial charge in [0.2, 0.25) is 0 Å². The van der Waals surface area contributed by atoms with Crippen LogP contribution in [-0.4, -0.2) is 33.2 Å². The van der Waals surface area contributed by atoms with Gasteiger partial charge in [0.15, 0.2) is 0 Å². The van der Waals surface area contributed by atoms with Crippen LogP contribution in [0.15, 0.2) is 24.3 Å². The number of rotatable bonds is 4. The number of nitrogens with zero attached hydrogens (tertiary/aromatic N) is 1. The predicted molar refractivity (Wildman–Crippen MR) is 68.4 cm³/mol. The summed E-state index contributed by atoms with van der Waals surface area (Å²) >= 11 is 0. The Morgan fingerprint density at radius 2 is 2.06 bits per heavy atom. The molecule has 0 radical (unpaired) electrons. The molecule has 1 saturated heterocycles. The van der Waals surface area contributed by atoms with Crippen molar-refractivity contribution in [2.24, 2.45) is 0 Å². The Labute approximate surface area is 107 Å². The van der Waals surface area contributed by atoms with Crippen molar-refractivity contribution < 1.29 is 15.0 Å². The van der Waals surface area contributed by atoms with E-state index in [4.69, 9.17) is 0 Å². The molecule has 0 amide bonds. The zero-order valence-electron chi connectivity index (χ0n) is 10.6. The fraction of sp³-hybridized carbons (Fsp3) is 0.500. The summed E-state index contributed by atoms with van der Waals surface area (Å²) in [6, 6.07) is 6.96. The Morgan fingerprint density at radius 1 is 1.39 bits per heavy atom. The molecule has 98 valence electrons. The van der Waals surface area contributed by atoms with E-state index in [9.17, 15) is 15.0 Å². The third kappa shape index (κ3) is 2.20. The second kappa shape index (κ2) is 4.98. The Kier molecular flexibility index (Phi) is 3.57. The summed E-state index contributed by atoms with van der Waals surface area (Å²) in [6.07, 6.45) is 2.27. The maximum atomic E-state index is 11.5. The minimum Gasteiger partial charge on any atom is -0.508 e. The fourth-order valence-corrected chi connectivity index (χ4v) is 2.78. The molecular formula is C14H19NO3. The van der Waals surface area contributed by atoms with E-state index in [1.165, 1.54) is 0 Å². The standard InChI is InChI=1S/C14H19NO3/c1-2-14(13(17)18)8-3-9-15(14)10-11-4-6-12(16)7-5-11/h4-7,16H,2-3,8-10H2,1H3,(H,17,18). The van der Waals surface area contributed by atoms with Crippen LogP contribution in [0.25, 0.3) is 0 Å². The SMILES string of the molecule is CCC1(C(=O)O)CCCN1Cc1ccc(O)cc1. The maximum absolute atomic E-state index is 11.5. The summed E-state index contributed by atoms with van der Waals surface area (Å²) in [5, 5.41) is 18.7. The third-order valence-electron chi connectivity index (χ3n) is 3.92. The third-order valence-corrected chi connectivity index (χ3v) is 3.92. The van der Waals surface area contributed by atoms with E-state index in [0.717, 1.165) is 24.9 Å². The van der Waals surface area contributed by atoms with Crippen molar-refractivity contribution in [1.29, 1.82) is 0 Å². The summed E-state index contributed by atoms with van der Waals surface area (Å²) in [5.74, 6) is -0.485. The number of carboxylic acids is 1. The van der Waals surface area contributed by atoms with E-state index in [1.807, 2.05) is 24.0 Å². The Hall–Kier alpha value is -1.55. The van der Waals surface area contributed by atoms with Crippen molar-refractivity contribution >= 4 is 5.97 Å². The lowest BCUT2D eigenvalue weighted by Crippen LogP contribution is -2.49. The monoisotopic (exact) mass is 249 g/mol. The molecule has 4 nitrogen and oxygen atoms in total. The van der Waals surface area contributed by atoms with Gasteiger partial charge >= 0.3 is 5.97 Å². The molecule has 1 fully saturated rings. The smallest absolute Gasteiger partial charge is 0.324 e. The fourth-order valence-electron chi connectivity index (χ4n) is 2.78. The molecular weight excluding hydrogens is 230 g/mol. The van der Waals surface area contributed by atoms with Crippen LogP contribution in [0.5, 0.6) is 5.75 Å². The van der Waals surface area contributed by atoms with Gasteiger partial charge in [-0.05, 0) is 43.5 Å². The topological polar surface area (TPSA) is 60.8 Å². The van der Waals surface area contributed by atoms with E-state index in [-0.39, 0.29) is 5.75 Å². The van der Waals surface area contributed by atoms with Gasteiger partial charge in [-0.15, -0.1) is 0 Å². The van der Waals surface area contributed by atoms with Crippen LogP contribution >= 0.6 is 0 Å². The zero-order chi connectivity index (χ0) is 13.2. The molecule has 1 aromatic rings. The molecule has 0 aromatic heterocycles. The highest BCUT2D eigenvalue weighted by molar-refractivity contribution is 5.79. The lowest BCUT2D eigenvalue weighted by atomic mass is 9.92. The summed E-state index contributed by atoms with van der Waals surface area (Å²) in [4.78, 5) is 13.6. The lowest BCUT2D eigenvalue weighted by Gasteiger charge is -2.33. The van der Waals surface area contributed by atoms with Gasteiger partial charge < -0.3 is 10.2 Å². The molecule has 0 bridgehead atoms. The van der Waals surface area contributed by atoms with Gasteiger partial charge in [-0.2, -0.15) is 0 Å². The lowest BCUT2D eigenvalue weighted by molar-refractivity contribution is -0.150. The van der Waals surface area contributed by atoms with Crippen molar-refractivity contribution in [3.8, 4) is 5.75 Å². The van der Waals surface area contributed by atoms with Crippen molar-refractivity contribution in [2.45, 2.75) is 38.3 Å². The van der Waals surface area contributed by atoms with Gasteiger partial charge in [0.25, 0.3) is 0 Å². The number of phenolic OH excluding ortho intramolecular Hbond substituents is 1. The number of carboxylic acid groups (broad SMARTS) is 1. The molecule has 0 saturated carbocycles. The normalized spacial score (nSPS) is 24.3.